The number of fused-ring (bicyclic) bond motifs is 1. The Kier molecular flexibility index (Phi) is 5.13. The molecule has 3 N–H and O–H groups in total. The number of rotatable bonds is 5. The molecule has 3 rings (SSSR count). The summed E-state index contributed by atoms with van der Waals surface area (Å²) in [4.78, 5) is 12.3. The molecule has 0 saturated carbocycles. The monoisotopic (exact) mass is 326 g/mol. The van der Waals surface area contributed by atoms with Crippen molar-refractivity contribution in [2.24, 2.45) is 0 Å². The van der Waals surface area contributed by atoms with Gasteiger partial charge in [-0.25, -0.2) is 0 Å². The zero-order chi connectivity index (χ0) is 16.9. The van der Waals surface area contributed by atoms with Gasteiger partial charge < -0.3 is 20.5 Å². The van der Waals surface area contributed by atoms with Gasteiger partial charge in [0.1, 0.15) is 5.75 Å². The Hall–Kier alpha value is -2.37. The van der Waals surface area contributed by atoms with Crippen LogP contribution in [0, 0.1) is 0 Å². The van der Waals surface area contributed by atoms with E-state index in [0.717, 1.165) is 13.0 Å². The number of benzene rings is 2. The molecule has 0 aromatic heterocycles. The van der Waals surface area contributed by atoms with Crippen LogP contribution in [0.3, 0.4) is 0 Å². The van der Waals surface area contributed by atoms with Crippen molar-refractivity contribution < 1.29 is 14.6 Å². The number of aliphatic hydroxyl groups is 1. The van der Waals surface area contributed by atoms with Crippen molar-refractivity contribution in [3.63, 3.8) is 0 Å². The normalized spacial score (nSPS) is 17.7. The summed E-state index contributed by atoms with van der Waals surface area (Å²) in [6.45, 7) is 0.926. The van der Waals surface area contributed by atoms with Crippen molar-refractivity contribution in [2.75, 3.05) is 13.7 Å². The van der Waals surface area contributed by atoms with Gasteiger partial charge in [-0.2, -0.15) is 0 Å². The van der Waals surface area contributed by atoms with E-state index in [4.69, 9.17) is 4.74 Å². The highest BCUT2D eigenvalue weighted by molar-refractivity contribution is 5.96. The Bertz CT molecular complexity index is 717. The molecule has 1 amide bonds. The van der Waals surface area contributed by atoms with Crippen LogP contribution < -0.4 is 15.4 Å². The van der Waals surface area contributed by atoms with Gasteiger partial charge in [0.25, 0.3) is 5.91 Å². The third-order valence-corrected chi connectivity index (χ3v) is 4.40. The Morgan fingerprint density at radius 1 is 1.25 bits per heavy atom. The SMILES string of the molecule is COc1ccccc1C(=O)NCC(O)[C@@H]1Cc2ccccc2CN1. The van der Waals surface area contributed by atoms with Gasteiger partial charge in [-0.3, -0.25) is 4.79 Å². The van der Waals surface area contributed by atoms with Gasteiger partial charge in [0.15, 0.2) is 0 Å². The van der Waals surface area contributed by atoms with Crippen molar-refractivity contribution in [3.8, 4) is 5.75 Å². The summed E-state index contributed by atoms with van der Waals surface area (Å²) in [5.74, 6) is 0.275. The van der Waals surface area contributed by atoms with Crippen molar-refractivity contribution in [2.45, 2.75) is 25.1 Å². The molecule has 0 bridgehead atoms. The van der Waals surface area contributed by atoms with Gasteiger partial charge in [-0.1, -0.05) is 36.4 Å². The molecule has 5 heteroatoms. The van der Waals surface area contributed by atoms with E-state index in [0.29, 0.717) is 11.3 Å². The smallest absolute Gasteiger partial charge is 0.255 e. The van der Waals surface area contributed by atoms with Crippen LogP contribution in [0.25, 0.3) is 0 Å². The molecule has 0 radical (unpaired) electrons. The van der Waals surface area contributed by atoms with Gasteiger partial charge in [0.2, 0.25) is 0 Å². The van der Waals surface area contributed by atoms with E-state index in [1.54, 1.807) is 18.2 Å². The van der Waals surface area contributed by atoms with Crippen LogP contribution in [0.15, 0.2) is 48.5 Å². The Morgan fingerprint density at radius 3 is 2.75 bits per heavy atom. The topological polar surface area (TPSA) is 70.6 Å². The molecule has 1 heterocycles. The number of hydrogen-bond acceptors (Lipinski definition) is 4. The maximum absolute atomic E-state index is 12.3. The molecule has 1 aliphatic heterocycles. The van der Waals surface area contributed by atoms with E-state index < -0.39 is 6.10 Å². The highest BCUT2D eigenvalue weighted by Crippen LogP contribution is 2.19. The van der Waals surface area contributed by atoms with E-state index in [1.807, 2.05) is 18.2 Å². The van der Waals surface area contributed by atoms with Crippen molar-refractivity contribution >= 4 is 5.91 Å². The Labute approximate surface area is 141 Å². The van der Waals surface area contributed by atoms with Gasteiger partial charge in [0.05, 0.1) is 18.8 Å². The minimum absolute atomic E-state index is 0.0714. The van der Waals surface area contributed by atoms with E-state index in [1.165, 1.54) is 18.2 Å². The van der Waals surface area contributed by atoms with Crippen molar-refractivity contribution in [1.82, 2.24) is 10.6 Å². The number of carbonyl (C=O) groups is 1. The quantitative estimate of drug-likeness (QED) is 0.779. The van der Waals surface area contributed by atoms with Crippen molar-refractivity contribution in [1.29, 1.82) is 0 Å². The molecule has 0 aliphatic carbocycles. The lowest BCUT2D eigenvalue weighted by Crippen LogP contribution is -2.49. The molecular formula is C19H22N2O3. The zero-order valence-corrected chi connectivity index (χ0v) is 13.7. The minimum Gasteiger partial charge on any atom is -0.496 e. The van der Waals surface area contributed by atoms with Gasteiger partial charge in [0, 0.05) is 19.1 Å². The zero-order valence-electron chi connectivity index (χ0n) is 13.7. The number of carbonyl (C=O) groups excluding carboxylic acids is 1. The third kappa shape index (κ3) is 3.58. The van der Waals surface area contributed by atoms with Gasteiger partial charge in [-0.15, -0.1) is 0 Å². The van der Waals surface area contributed by atoms with Crippen LogP contribution in [0.5, 0.6) is 5.75 Å². The first-order chi connectivity index (χ1) is 11.7. The molecule has 5 nitrogen and oxygen atoms in total. The maximum atomic E-state index is 12.3. The van der Waals surface area contributed by atoms with Crippen LogP contribution in [-0.4, -0.2) is 36.8 Å². The standard InChI is InChI=1S/C19H22N2O3/c1-24-18-9-5-4-8-15(18)19(23)21-12-17(22)16-10-13-6-2-3-7-14(13)11-20-16/h2-9,16-17,20,22H,10-12H2,1H3,(H,21,23)/t16-,17?/m0/s1. The lowest BCUT2D eigenvalue weighted by atomic mass is 9.93. The number of methoxy groups -OCH3 is 1. The summed E-state index contributed by atoms with van der Waals surface area (Å²) in [6, 6.07) is 15.2. The first-order valence-corrected chi connectivity index (χ1v) is 8.08. The number of nitrogens with one attached hydrogen (secondary N) is 2. The fourth-order valence-electron chi connectivity index (χ4n) is 3.02. The molecule has 2 aromatic carbocycles. The lowest BCUT2D eigenvalue weighted by Gasteiger charge is -2.30. The van der Waals surface area contributed by atoms with Crippen LogP contribution in [0.1, 0.15) is 21.5 Å². The number of aliphatic hydroxyl groups excluding tert-OH is 1. The fourth-order valence-corrected chi connectivity index (χ4v) is 3.02. The maximum Gasteiger partial charge on any atom is 0.255 e. The van der Waals surface area contributed by atoms with Crippen LogP contribution in [0.2, 0.25) is 0 Å². The molecule has 24 heavy (non-hydrogen) atoms. The lowest BCUT2D eigenvalue weighted by molar-refractivity contribution is 0.0867. The first-order valence-electron chi connectivity index (χ1n) is 8.08. The molecule has 0 saturated heterocycles. The molecule has 1 unspecified atom stereocenters. The molecule has 1 aliphatic rings. The number of ether oxygens (including phenoxy) is 1. The predicted octanol–water partition coefficient (Wildman–Crippen LogP) is 1.50. The first kappa shape index (κ1) is 16.5. The number of hydrogen-bond donors (Lipinski definition) is 3. The van der Waals surface area contributed by atoms with Crippen molar-refractivity contribution in [3.05, 3.63) is 65.2 Å². The Balaban J connectivity index is 1.58. The number of amides is 1. The summed E-state index contributed by atoms with van der Waals surface area (Å²) >= 11 is 0. The molecule has 0 fully saturated rings. The van der Waals surface area contributed by atoms with Gasteiger partial charge >= 0.3 is 0 Å². The second-order valence-electron chi connectivity index (χ2n) is 5.94. The Morgan fingerprint density at radius 2 is 1.96 bits per heavy atom. The van der Waals surface area contributed by atoms with E-state index in [9.17, 15) is 9.90 Å². The summed E-state index contributed by atoms with van der Waals surface area (Å²) in [5.41, 5.74) is 2.98. The second kappa shape index (κ2) is 7.47. The molecule has 0 spiro atoms. The number of para-hydroxylation sites is 1. The van der Waals surface area contributed by atoms with Gasteiger partial charge in [-0.05, 0) is 29.7 Å². The fraction of sp³-hybridized carbons (Fsp3) is 0.316. The van der Waals surface area contributed by atoms with Crippen LogP contribution >= 0.6 is 0 Å². The van der Waals surface area contributed by atoms with E-state index >= 15 is 0 Å². The summed E-state index contributed by atoms with van der Waals surface area (Å²) in [5, 5.41) is 16.5. The largest absolute Gasteiger partial charge is 0.496 e. The highest BCUT2D eigenvalue weighted by Gasteiger charge is 2.24. The minimum atomic E-state index is -0.656. The summed E-state index contributed by atoms with van der Waals surface area (Å²) < 4.78 is 5.19. The molecule has 2 atom stereocenters. The van der Waals surface area contributed by atoms with Crippen LogP contribution in [-0.2, 0) is 13.0 Å². The average Bonchev–Trinajstić information content (AvgIpc) is 2.65. The predicted molar refractivity (Wildman–Crippen MR) is 92.1 cm³/mol. The average molecular weight is 326 g/mol. The molecule has 2 aromatic rings. The summed E-state index contributed by atoms with van der Waals surface area (Å²) in [7, 11) is 1.53. The molecular weight excluding hydrogens is 304 g/mol. The van der Waals surface area contributed by atoms with Crippen LogP contribution in [0.4, 0.5) is 0 Å². The van der Waals surface area contributed by atoms with E-state index in [-0.39, 0.29) is 18.5 Å². The molecule has 126 valence electrons. The third-order valence-electron chi connectivity index (χ3n) is 4.40. The highest BCUT2D eigenvalue weighted by atomic mass is 16.5. The second-order valence-corrected chi connectivity index (χ2v) is 5.94. The van der Waals surface area contributed by atoms with E-state index in [2.05, 4.69) is 22.8 Å². The summed E-state index contributed by atoms with van der Waals surface area (Å²) in [6.07, 6.45) is 0.0963.